The van der Waals surface area contributed by atoms with E-state index >= 15 is 0 Å². The Morgan fingerprint density at radius 3 is 2.80 bits per heavy atom. The van der Waals surface area contributed by atoms with Gasteiger partial charge in [0.25, 0.3) is 5.91 Å². The van der Waals surface area contributed by atoms with Crippen LogP contribution in [0.4, 0.5) is 5.82 Å². The molecule has 2 aromatic rings. The molecule has 1 atom stereocenters. The highest BCUT2D eigenvalue weighted by Crippen LogP contribution is 2.16. The fourth-order valence-electron chi connectivity index (χ4n) is 1.62. The first-order valence-corrected chi connectivity index (χ1v) is 7.32. The molecule has 7 heteroatoms. The molecule has 0 saturated carbocycles. The highest BCUT2D eigenvalue weighted by Gasteiger charge is 2.12. The monoisotopic (exact) mass is 291 g/mol. The van der Waals surface area contributed by atoms with Gasteiger partial charge in [-0.05, 0) is 6.92 Å². The van der Waals surface area contributed by atoms with E-state index in [2.05, 4.69) is 25.6 Å². The maximum Gasteiger partial charge on any atom is 0.271 e. The summed E-state index contributed by atoms with van der Waals surface area (Å²) in [6.45, 7) is 5.30. The zero-order chi connectivity index (χ0) is 14.4. The lowest BCUT2D eigenvalue weighted by atomic mass is 10.2. The van der Waals surface area contributed by atoms with Crippen molar-refractivity contribution < 1.29 is 4.79 Å². The van der Waals surface area contributed by atoms with Crippen molar-refractivity contribution >= 4 is 23.1 Å². The number of carbonyl (C=O) groups excluding carboxylic acids is 1. The van der Waals surface area contributed by atoms with E-state index in [-0.39, 0.29) is 11.8 Å². The first-order chi connectivity index (χ1) is 9.70. The number of carbonyl (C=O) groups is 1. The Morgan fingerprint density at radius 1 is 1.35 bits per heavy atom. The molecule has 0 aliphatic rings. The Labute approximate surface area is 121 Å². The lowest BCUT2D eigenvalue weighted by molar-refractivity contribution is 0.0946. The van der Waals surface area contributed by atoms with Gasteiger partial charge in [-0.3, -0.25) is 4.79 Å². The van der Waals surface area contributed by atoms with Gasteiger partial charge in [0.2, 0.25) is 0 Å². The van der Waals surface area contributed by atoms with Crippen molar-refractivity contribution in [1.29, 1.82) is 0 Å². The molecule has 2 rings (SSSR count). The third-order valence-corrected chi connectivity index (χ3v) is 3.69. The minimum atomic E-state index is -0.219. The van der Waals surface area contributed by atoms with Crippen molar-refractivity contribution in [2.24, 2.45) is 0 Å². The van der Waals surface area contributed by atoms with E-state index in [1.807, 2.05) is 19.2 Å². The Kier molecular flexibility index (Phi) is 5.00. The lowest BCUT2D eigenvalue weighted by Crippen LogP contribution is -2.28. The Balaban J connectivity index is 1.88. The Hall–Kier alpha value is -2.02. The van der Waals surface area contributed by atoms with E-state index in [0.717, 1.165) is 11.6 Å². The summed E-state index contributed by atoms with van der Waals surface area (Å²) in [7, 11) is 0. The van der Waals surface area contributed by atoms with Crippen LogP contribution in [0.3, 0.4) is 0 Å². The quantitative estimate of drug-likeness (QED) is 0.849. The summed E-state index contributed by atoms with van der Waals surface area (Å²) in [5, 5.41) is 8.82. The molecule has 0 aliphatic carbocycles. The number of amides is 1. The average molecular weight is 291 g/mol. The minimum absolute atomic E-state index is 0.188. The first kappa shape index (κ1) is 14.4. The number of nitrogens with zero attached hydrogens (tertiary/aromatic N) is 3. The van der Waals surface area contributed by atoms with Gasteiger partial charge in [0, 0.05) is 30.6 Å². The summed E-state index contributed by atoms with van der Waals surface area (Å²) >= 11 is 1.59. The number of thiazole rings is 1. The fourth-order valence-corrected chi connectivity index (χ4v) is 2.32. The van der Waals surface area contributed by atoms with Crippen LogP contribution in [0.25, 0.3) is 0 Å². The molecule has 0 bridgehead atoms. The second-order valence-electron chi connectivity index (χ2n) is 4.30. The van der Waals surface area contributed by atoms with Crippen molar-refractivity contribution in [1.82, 2.24) is 20.3 Å². The summed E-state index contributed by atoms with van der Waals surface area (Å²) in [6, 6.07) is 0. The van der Waals surface area contributed by atoms with E-state index < -0.39 is 0 Å². The molecule has 0 saturated heterocycles. The molecule has 2 N–H and O–H groups in total. The van der Waals surface area contributed by atoms with Crippen molar-refractivity contribution in [3.8, 4) is 0 Å². The molecule has 0 aliphatic heterocycles. The summed E-state index contributed by atoms with van der Waals surface area (Å²) in [4.78, 5) is 24.4. The number of hydrogen-bond donors (Lipinski definition) is 2. The third kappa shape index (κ3) is 3.74. The second kappa shape index (κ2) is 6.95. The summed E-state index contributed by atoms with van der Waals surface area (Å²) in [5.74, 6) is 0.636. The molecule has 2 heterocycles. The highest BCUT2D eigenvalue weighted by atomic mass is 32.1. The second-order valence-corrected chi connectivity index (χ2v) is 5.22. The Morgan fingerprint density at radius 2 is 2.20 bits per heavy atom. The SMILES string of the molecule is CCNc1cnc(C(=O)NCC(C)c2nccs2)cn1. The van der Waals surface area contributed by atoms with Gasteiger partial charge in [0.05, 0.1) is 17.4 Å². The van der Waals surface area contributed by atoms with Crippen LogP contribution in [0.5, 0.6) is 0 Å². The van der Waals surface area contributed by atoms with Crippen molar-refractivity contribution in [2.45, 2.75) is 19.8 Å². The van der Waals surface area contributed by atoms with Crippen molar-refractivity contribution in [3.63, 3.8) is 0 Å². The van der Waals surface area contributed by atoms with Gasteiger partial charge in [-0.25, -0.2) is 15.0 Å². The molecule has 0 radical (unpaired) electrons. The van der Waals surface area contributed by atoms with Gasteiger partial charge in [-0.15, -0.1) is 11.3 Å². The van der Waals surface area contributed by atoms with Crippen LogP contribution in [0, 0.1) is 0 Å². The molecule has 106 valence electrons. The fraction of sp³-hybridized carbons (Fsp3) is 0.385. The van der Waals surface area contributed by atoms with Crippen LogP contribution in [-0.4, -0.2) is 33.9 Å². The molecule has 20 heavy (non-hydrogen) atoms. The zero-order valence-corrected chi connectivity index (χ0v) is 12.3. The normalized spacial score (nSPS) is 11.9. The molecule has 1 unspecified atom stereocenters. The number of nitrogens with one attached hydrogen (secondary N) is 2. The van der Waals surface area contributed by atoms with Crippen LogP contribution in [0.2, 0.25) is 0 Å². The molecular formula is C13H17N5OS. The van der Waals surface area contributed by atoms with Crippen molar-refractivity contribution in [2.75, 3.05) is 18.4 Å². The average Bonchev–Trinajstić information content (AvgIpc) is 3.00. The molecule has 0 fully saturated rings. The highest BCUT2D eigenvalue weighted by molar-refractivity contribution is 7.09. The van der Waals surface area contributed by atoms with Crippen LogP contribution >= 0.6 is 11.3 Å². The first-order valence-electron chi connectivity index (χ1n) is 6.44. The number of anilines is 1. The van der Waals surface area contributed by atoms with Crippen LogP contribution in [-0.2, 0) is 0 Å². The third-order valence-electron chi connectivity index (χ3n) is 2.68. The van der Waals surface area contributed by atoms with Crippen LogP contribution in [0.15, 0.2) is 24.0 Å². The molecule has 0 spiro atoms. The van der Waals surface area contributed by atoms with E-state index in [1.165, 1.54) is 6.20 Å². The minimum Gasteiger partial charge on any atom is -0.369 e. The van der Waals surface area contributed by atoms with Gasteiger partial charge in [-0.2, -0.15) is 0 Å². The predicted molar refractivity (Wildman–Crippen MR) is 79.1 cm³/mol. The smallest absolute Gasteiger partial charge is 0.271 e. The molecule has 6 nitrogen and oxygen atoms in total. The van der Waals surface area contributed by atoms with Gasteiger partial charge >= 0.3 is 0 Å². The predicted octanol–water partition coefficient (Wildman–Crippen LogP) is 1.90. The van der Waals surface area contributed by atoms with Crippen molar-refractivity contribution in [3.05, 3.63) is 34.7 Å². The largest absolute Gasteiger partial charge is 0.369 e. The standard InChI is InChI=1S/C13H17N5OS/c1-3-14-11-8-16-10(7-17-11)12(19)18-6-9(2)13-15-4-5-20-13/h4-5,7-9H,3,6H2,1-2H3,(H,14,17)(H,18,19). The van der Waals surface area contributed by atoms with E-state index in [0.29, 0.717) is 18.1 Å². The number of rotatable bonds is 6. The Bertz CT molecular complexity index is 540. The summed E-state index contributed by atoms with van der Waals surface area (Å²) in [5.41, 5.74) is 0.318. The van der Waals surface area contributed by atoms with E-state index in [4.69, 9.17) is 0 Å². The van der Waals surface area contributed by atoms with E-state index in [9.17, 15) is 4.79 Å². The lowest BCUT2D eigenvalue weighted by Gasteiger charge is -2.09. The number of aromatic nitrogens is 3. The maximum atomic E-state index is 11.9. The molecule has 1 amide bonds. The van der Waals surface area contributed by atoms with Crippen LogP contribution in [0.1, 0.15) is 35.3 Å². The zero-order valence-electron chi connectivity index (χ0n) is 11.5. The number of hydrogen-bond acceptors (Lipinski definition) is 6. The molecule has 0 aromatic carbocycles. The van der Waals surface area contributed by atoms with E-state index in [1.54, 1.807) is 23.7 Å². The summed E-state index contributed by atoms with van der Waals surface area (Å²) < 4.78 is 0. The molecule has 2 aromatic heterocycles. The van der Waals surface area contributed by atoms with Gasteiger partial charge in [0.1, 0.15) is 11.5 Å². The maximum absolute atomic E-state index is 11.9. The van der Waals surface area contributed by atoms with Gasteiger partial charge in [0.15, 0.2) is 0 Å². The molecular weight excluding hydrogens is 274 g/mol. The summed E-state index contributed by atoms with van der Waals surface area (Å²) in [6.07, 6.45) is 4.80. The van der Waals surface area contributed by atoms with Crippen LogP contribution < -0.4 is 10.6 Å². The van der Waals surface area contributed by atoms with Gasteiger partial charge < -0.3 is 10.6 Å². The van der Waals surface area contributed by atoms with Gasteiger partial charge in [-0.1, -0.05) is 6.92 Å². The topological polar surface area (TPSA) is 79.8 Å².